The van der Waals surface area contributed by atoms with Crippen LogP contribution in [0.5, 0.6) is 0 Å². The van der Waals surface area contributed by atoms with E-state index in [-0.39, 0.29) is 11.5 Å². The molecule has 0 radical (unpaired) electrons. The number of hydrogen-bond acceptors (Lipinski definition) is 3. The van der Waals surface area contributed by atoms with Gasteiger partial charge in [0.05, 0.1) is 5.69 Å². The maximum Gasteiger partial charge on any atom is 0.267 e. The Kier molecular flexibility index (Phi) is 4.59. The molecule has 1 aliphatic rings. The molecule has 142 valence electrons. The summed E-state index contributed by atoms with van der Waals surface area (Å²) in [6.07, 6.45) is 0.833. The number of benzene rings is 2. The Morgan fingerprint density at radius 2 is 1.82 bits per heavy atom. The standard InChI is InChI=1S/C23H23N3O2/c1-15-8-9-19(14-16(15)2)20-10-11-22(27)26(24-20)17(3)23(28)25-13-12-18-6-4-5-7-21(18)25/h4-11,14,17H,12-13H2,1-3H3/t17-/m1/s1. The molecule has 0 aliphatic carbocycles. The van der Waals surface area contributed by atoms with Crippen LogP contribution in [-0.2, 0) is 11.2 Å². The molecule has 28 heavy (non-hydrogen) atoms. The number of carbonyl (C=O) groups excluding carboxylic acids is 1. The molecule has 2 heterocycles. The van der Waals surface area contributed by atoms with Gasteiger partial charge in [-0.1, -0.05) is 30.3 Å². The van der Waals surface area contributed by atoms with Crippen molar-refractivity contribution in [3.05, 3.63) is 81.6 Å². The van der Waals surface area contributed by atoms with E-state index < -0.39 is 6.04 Å². The van der Waals surface area contributed by atoms with Gasteiger partial charge in [0.1, 0.15) is 6.04 Å². The third-order valence-corrected chi connectivity index (χ3v) is 5.51. The molecule has 0 N–H and O–H groups in total. The third kappa shape index (κ3) is 3.13. The molecule has 1 amide bonds. The molecule has 0 spiro atoms. The quantitative estimate of drug-likeness (QED) is 0.704. The van der Waals surface area contributed by atoms with Crippen molar-refractivity contribution in [1.29, 1.82) is 0 Å². The second-order valence-corrected chi connectivity index (χ2v) is 7.34. The third-order valence-electron chi connectivity index (χ3n) is 5.51. The Morgan fingerprint density at radius 1 is 1.04 bits per heavy atom. The van der Waals surface area contributed by atoms with E-state index in [0.717, 1.165) is 28.8 Å². The first-order chi connectivity index (χ1) is 13.5. The Balaban J connectivity index is 1.68. The monoisotopic (exact) mass is 373 g/mol. The van der Waals surface area contributed by atoms with Crippen LogP contribution < -0.4 is 10.5 Å². The van der Waals surface area contributed by atoms with Crippen LogP contribution >= 0.6 is 0 Å². The average Bonchev–Trinajstić information content (AvgIpc) is 3.13. The lowest BCUT2D eigenvalue weighted by atomic mass is 10.0. The van der Waals surface area contributed by atoms with Crippen molar-refractivity contribution >= 4 is 11.6 Å². The van der Waals surface area contributed by atoms with Crippen LogP contribution in [0, 0.1) is 13.8 Å². The van der Waals surface area contributed by atoms with Crippen LogP contribution in [0.3, 0.4) is 0 Å². The molecule has 0 fully saturated rings. The van der Waals surface area contributed by atoms with Crippen molar-refractivity contribution in [3.63, 3.8) is 0 Å². The highest BCUT2D eigenvalue weighted by atomic mass is 16.2. The normalized spacial score (nSPS) is 14.0. The first-order valence-corrected chi connectivity index (χ1v) is 9.52. The van der Waals surface area contributed by atoms with Gasteiger partial charge in [0.15, 0.2) is 0 Å². The van der Waals surface area contributed by atoms with Gasteiger partial charge < -0.3 is 4.90 Å². The number of hydrogen-bond donors (Lipinski definition) is 0. The molecule has 0 bridgehead atoms. The Labute approximate surface area is 164 Å². The zero-order chi connectivity index (χ0) is 19.8. The van der Waals surface area contributed by atoms with Gasteiger partial charge in [0.2, 0.25) is 0 Å². The van der Waals surface area contributed by atoms with E-state index in [4.69, 9.17) is 0 Å². The zero-order valence-corrected chi connectivity index (χ0v) is 16.3. The first kappa shape index (κ1) is 18.2. The molecule has 4 rings (SSSR count). The molecular formula is C23H23N3O2. The van der Waals surface area contributed by atoms with Crippen LogP contribution in [-0.4, -0.2) is 22.2 Å². The number of aromatic nitrogens is 2. The summed E-state index contributed by atoms with van der Waals surface area (Å²) in [6.45, 7) is 6.48. The average molecular weight is 373 g/mol. The molecule has 0 saturated carbocycles. The fraction of sp³-hybridized carbons (Fsp3) is 0.261. The Bertz CT molecular complexity index is 1120. The molecular weight excluding hydrogens is 350 g/mol. The van der Waals surface area contributed by atoms with Gasteiger partial charge in [-0.15, -0.1) is 0 Å². The van der Waals surface area contributed by atoms with Crippen molar-refractivity contribution < 1.29 is 4.79 Å². The van der Waals surface area contributed by atoms with E-state index in [2.05, 4.69) is 18.1 Å². The fourth-order valence-corrected chi connectivity index (χ4v) is 3.65. The number of para-hydroxylation sites is 1. The molecule has 1 aromatic heterocycles. The summed E-state index contributed by atoms with van der Waals surface area (Å²) in [5.41, 5.74) is 5.79. The summed E-state index contributed by atoms with van der Waals surface area (Å²) in [5, 5.41) is 4.52. The Morgan fingerprint density at radius 3 is 2.61 bits per heavy atom. The molecule has 5 heteroatoms. The molecule has 0 saturated heterocycles. The van der Waals surface area contributed by atoms with Gasteiger partial charge in [-0.3, -0.25) is 9.59 Å². The summed E-state index contributed by atoms with van der Waals surface area (Å²) in [6, 6.07) is 16.5. The van der Waals surface area contributed by atoms with Crippen molar-refractivity contribution in [1.82, 2.24) is 9.78 Å². The van der Waals surface area contributed by atoms with E-state index in [1.165, 1.54) is 16.3 Å². The molecule has 2 aromatic carbocycles. The van der Waals surface area contributed by atoms with Gasteiger partial charge >= 0.3 is 0 Å². The van der Waals surface area contributed by atoms with Crippen LogP contribution in [0.1, 0.15) is 29.7 Å². The highest BCUT2D eigenvalue weighted by Crippen LogP contribution is 2.29. The lowest BCUT2D eigenvalue weighted by Gasteiger charge is -2.22. The number of carbonyl (C=O) groups is 1. The van der Waals surface area contributed by atoms with Crippen LogP contribution in [0.2, 0.25) is 0 Å². The summed E-state index contributed by atoms with van der Waals surface area (Å²) in [7, 11) is 0. The van der Waals surface area contributed by atoms with Crippen molar-refractivity contribution in [2.75, 3.05) is 11.4 Å². The maximum atomic E-state index is 13.1. The molecule has 5 nitrogen and oxygen atoms in total. The van der Waals surface area contributed by atoms with E-state index in [1.807, 2.05) is 43.3 Å². The minimum absolute atomic E-state index is 0.114. The van der Waals surface area contributed by atoms with Gasteiger partial charge in [0, 0.05) is 23.9 Å². The molecule has 1 atom stereocenters. The van der Waals surface area contributed by atoms with Gasteiger partial charge in [-0.25, -0.2) is 4.68 Å². The molecule has 0 unspecified atom stereocenters. The van der Waals surface area contributed by atoms with Gasteiger partial charge in [-0.05, 0) is 62.1 Å². The minimum Gasteiger partial charge on any atom is -0.310 e. The van der Waals surface area contributed by atoms with E-state index in [1.54, 1.807) is 17.9 Å². The topological polar surface area (TPSA) is 55.2 Å². The fourth-order valence-electron chi connectivity index (χ4n) is 3.65. The van der Waals surface area contributed by atoms with Crippen LogP contribution in [0.4, 0.5) is 5.69 Å². The van der Waals surface area contributed by atoms with Crippen molar-refractivity contribution in [2.45, 2.75) is 33.2 Å². The van der Waals surface area contributed by atoms with Gasteiger partial charge in [0.25, 0.3) is 11.5 Å². The summed E-state index contributed by atoms with van der Waals surface area (Å²) < 4.78 is 1.30. The van der Waals surface area contributed by atoms with Crippen LogP contribution in [0.15, 0.2) is 59.4 Å². The number of aryl methyl sites for hydroxylation is 2. The molecule has 3 aromatic rings. The van der Waals surface area contributed by atoms with Crippen molar-refractivity contribution in [2.24, 2.45) is 0 Å². The Hall–Kier alpha value is -3.21. The predicted molar refractivity (Wildman–Crippen MR) is 111 cm³/mol. The van der Waals surface area contributed by atoms with Crippen LogP contribution in [0.25, 0.3) is 11.3 Å². The smallest absolute Gasteiger partial charge is 0.267 e. The van der Waals surface area contributed by atoms with E-state index in [9.17, 15) is 9.59 Å². The summed E-state index contributed by atoms with van der Waals surface area (Å²) >= 11 is 0. The number of fused-ring (bicyclic) bond motifs is 1. The predicted octanol–water partition coefficient (Wildman–Crippen LogP) is 3.68. The number of amides is 1. The highest BCUT2D eigenvalue weighted by molar-refractivity contribution is 5.97. The second-order valence-electron chi connectivity index (χ2n) is 7.34. The zero-order valence-electron chi connectivity index (χ0n) is 16.3. The van der Waals surface area contributed by atoms with E-state index >= 15 is 0 Å². The largest absolute Gasteiger partial charge is 0.310 e. The highest BCUT2D eigenvalue weighted by Gasteiger charge is 2.29. The first-order valence-electron chi connectivity index (χ1n) is 9.52. The number of anilines is 1. The maximum absolute atomic E-state index is 13.1. The van der Waals surface area contributed by atoms with Gasteiger partial charge in [-0.2, -0.15) is 5.10 Å². The minimum atomic E-state index is -0.676. The second kappa shape index (κ2) is 7.08. The summed E-state index contributed by atoms with van der Waals surface area (Å²) in [4.78, 5) is 27.4. The number of nitrogens with zero attached hydrogens (tertiary/aromatic N) is 3. The molecule has 1 aliphatic heterocycles. The van der Waals surface area contributed by atoms with Crippen molar-refractivity contribution in [3.8, 4) is 11.3 Å². The number of rotatable bonds is 3. The SMILES string of the molecule is Cc1ccc(-c2ccc(=O)n([C@H](C)C(=O)N3CCc4ccccc43)n2)cc1C. The lowest BCUT2D eigenvalue weighted by Crippen LogP contribution is -2.39. The lowest BCUT2D eigenvalue weighted by molar-refractivity contribution is -0.121. The van der Waals surface area contributed by atoms with E-state index in [0.29, 0.717) is 12.2 Å². The summed E-state index contributed by atoms with van der Waals surface area (Å²) in [5.74, 6) is -0.114.